The maximum Gasteiger partial charge on any atom is 0.191 e. The molecule has 0 radical (unpaired) electrons. The average Bonchev–Trinajstić information content (AvgIpc) is 3.09. The third-order valence-electron chi connectivity index (χ3n) is 4.51. The van der Waals surface area contributed by atoms with Crippen molar-refractivity contribution in [2.75, 3.05) is 33.4 Å². The minimum absolute atomic E-state index is 0.575. The molecule has 1 aromatic carbocycles. The van der Waals surface area contributed by atoms with E-state index in [0.29, 0.717) is 6.54 Å². The smallest absolute Gasteiger partial charge is 0.191 e. The number of nitrogens with one attached hydrogen (secondary N) is 2. The number of ether oxygens (including phenoxy) is 1. The van der Waals surface area contributed by atoms with E-state index in [0.717, 1.165) is 51.2 Å². The second kappa shape index (κ2) is 9.30. The lowest BCUT2D eigenvalue weighted by molar-refractivity contribution is 0.0341. The highest BCUT2D eigenvalue weighted by atomic mass is 16.5. The molecule has 1 aliphatic rings. The molecule has 26 heavy (non-hydrogen) atoms. The van der Waals surface area contributed by atoms with E-state index in [-0.39, 0.29) is 0 Å². The highest BCUT2D eigenvalue weighted by Crippen LogP contribution is 2.13. The minimum Gasteiger partial charge on any atom is -0.379 e. The summed E-state index contributed by atoms with van der Waals surface area (Å²) in [6, 6.07) is 8.54. The SMILES string of the molecule is CN=C(NCc1ccccc1CN1CCOCC1)NCc1ncnn1C. The van der Waals surface area contributed by atoms with E-state index in [4.69, 9.17) is 4.74 Å². The Hall–Kier alpha value is -2.45. The van der Waals surface area contributed by atoms with Crippen LogP contribution in [0.15, 0.2) is 35.6 Å². The van der Waals surface area contributed by atoms with E-state index >= 15 is 0 Å². The molecule has 2 aromatic rings. The van der Waals surface area contributed by atoms with Gasteiger partial charge in [0.15, 0.2) is 5.96 Å². The second-order valence-corrected chi connectivity index (χ2v) is 6.24. The number of aromatic nitrogens is 3. The molecule has 3 rings (SSSR count). The number of rotatable bonds is 6. The Morgan fingerprint density at radius 3 is 2.58 bits per heavy atom. The summed E-state index contributed by atoms with van der Waals surface area (Å²) in [5.41, 5.74) is 2.62. The normalized spacial score (nSPS) is 15.8. The molecule has 1 aliphatic heterocycles. The molecular formula is C18H27N7O. The highest BCUT2D eigenvalue weighted by Gasteiger charge is 2.13. The molecule has 8 heteroatoms. The summed E-state index contributed by atoms with van der Waals surface area (Å²) in [6.45, 7) is 5.86. The number of morpholine rings is 1. The Kier molecular flexibility index (Phi) is 6.56. The van der Waals surface area contributed by atoms with Gasteiger partial charge in [-0.15, -0.1) is 0 Å². The zero-order valence-electron chi connectivity index (χ0n) is 15.5. The van der Waals surface area contributed by atoms with Gasteiger partial charge in [0, 0.05) is 40.3 Å². The van der Waals surface area contributed by atoms with Gasteiger partial charge in [0.05, 0.1) is 19.8 Å². The van der Waals surface area contributed by atoms with Crippen molar-refractivity contribution in [2.24, 2.45) is 12.0 Å². The Morgan fingerprint density at radius 2 is 1.88 bits per heavy atom. The van der Waals surface area contributed by atoms with Gasteiger partial charge in [-0.25, -0.2) is 4.98 Å². The van der Waals surface area contributed by atoms with E-state index < -0.39 is 0 Å². The van der Waals surface area contributed by atoms with E-state index in [1.54, 1.807) is 18.1 Å². The lowest BCUT2D eigenvalue weighted by atomic mass is 10.1. The zero-order chi connectivity index (χ0) is 18.2. The lowest BCUT2D eigenvalue weighted by Gasteiger charge is -2.27. The lowest BCUT2D eigenvalue weighted by Crippen LogP contribution is -2.38. The molecule has 0 unspecified atom stereocenters. The van der Waals surface area contributed by atoms with Crippen molar-refractivity contribution in [3.05, 3.63) is 47.5 Å². The van der Waals surface area contributed by atoms with Gasteiger partial charge in [-0.3, -0.25) is 14.6 Å². The van der Waals surface area contributed by atoms with Gasteiger partial charge < -0.3 is 15.4 Å². The third kappa shape index (κ3) is 5.03. The monoisotopic (exact) mass is 357 g/mol. The maximum absolute atomic E-state index is 5.44. The molecule has 1 aromatic heterocycles. The van der Waals surface area contributed by atoms with Crippen LogP contribution in [-0.4, -0.2) is 59.0 Å². The zero-order valence-corrected chi connectivity index (χ0v) is 15.5. The molecule has 0 saturated carbocycles. The van der Waals surface area contributed by atoms with Crippen LogP contribution < -0.4 is 10.6 Å². The highest BCUT2D eigenvalue weighted by molar-refractivity contribution is 5.79. The average molecular weight is 357 g/mol. The molecule has 0 atom stereocenters. The fourth-order valence-electron chi connectivity index (χ4n) is 2.93. The first-order valence-corrected chi connectivity index (χ1v) is 8.90. The van der Waals surface area contributed by atoms with Gasteiger partial charge in [0.2, 0.25) is 0 Å². The molecule has 140 valence electrons. The molecule has 0 aliphatic carbocycles. The van der Waals surface area contributed by atoms with Crippen LogP contribution in [0.5, 0.6) is 0 Å². The molecule has 2 N–H and O–H groups in total. The Bertz CT molecular complexity index is 722. The van der Waals surface area contributed by atoms with Crippen LogP contribution in [0.3, 0.4) is 0 Å². The Morgan fingerprint density at radius 1 is 1.15 bits per heavy atom. The number of nitrogens with zero attached hydrogens (tertiary/aromatic N) is 5. The molecular weight excluding hydrogens is 330 g/mol. The number of guanidine groups is 1. The summed E-state index contributed by atoms with van der Waals surface area (Å²) < 4.78 is 7.19. The second-order valence-electron chi connectivity index (χ2n) is 6.24. The largest absolute Gasteiger partial charge is 0.379 e. The molecule has 1 fully saturated rings. The topological polar surface area (TPSA) is 79.6 Å². The van der Waals surface area contributed by atoms with Gasteiger partial charge in [-0.1, -0.05) is 24.3 Å². The summed E-state index contributed by atoms with van der Waals surface area (Å²) in [5.74, 6) is 1.61. The molecule has 1 saturated heterocycles. The van der Waals surface area contributed by atoms with Crippen LogP contribution >= 0.6 is 0 Å². The summed E-state index contributed by atoms with van der Waals surface area (Å²) in [5, 5.41) is 10.7. The van der Waals surface area contributed by atoms with Crippen molar-refractivity contribution < 1.29 is 4.74 Å². The summed E-state index contributed by atoms with van der Waals surface area (Å²) in [6.07, 6.45) is 1.55. The van der Waals surface area contributed by atoms with Crippen LogP contribution in [-0.2, 0) is 31.4 Å². The first-order valence-electron chi connectivity index (χ1n) is 8.90. The van der Waals surface area contributed by atoms with E-state index in [1.807, 2.05) is 7.05 Å². The number of hydrogen-bond acceptors (Lipinski definition) is 5. The van der Waals surface area contributed by atoms with Gasteiger partial charge >= 0.3 is 0 Å². The van der Waals surface area contributed by atoms with Crippen molar-refractivity contribution >= 4 is 5.96 Å². The van der Waals surface area contributed by atoms with Crippen LogP contribution in [0, 0.1) is 0 Å². The fraction of sp³-hybridized carbons (Fsp3) is 0.500. The molecule has 8 nitrogen and oxygen atoms in total. The van der Waals surface area contributed by atoms with Crippen LogP contribution in [0.25, 0.3) is 0 Å². The summed E-state index contributed by atoms with van der Waals surface area (Å²) in [4.78, 5) is 10.9. The standard InChI is InChI=1S/C18H27N7O/c1-19-18(21-12-17-22-14-23-24(17)2)20-11-15-5-3-4-6-16(15)13-25-7-9-26-10-8-25/h3-6,14H,7-13H2,1-2H3,(H2,19,20,21). The third-order valence-corrected chi connectivity index (χ3v) is 4.51. The van der Waals surface area contributed by atoms with E-state index in [1.165, 1.54) is 11.1 Å². The van der Waals surface area contributed by atoms with Crippen LogP contribution in [0.4, 0.5) is 0 Å². The van der Waals surface area contributed by atoms with Crippen molar-refractivity contribution in [3.63, 3.8) is 0 Å². The predicted molar refractivity (Wildman–Crippen MR) is 101 cm³/mol. The van der Waals surface area contributed by atoms with Crippen LogP contribution in [0.2, 0.25) is 0 Å². The van der Waals surface area contributed by atoms with Gasteiger partial charge in [0.25, 0.3) is 0 Å². The van der Waals surface area contributed by atoms with Gasteiger partial charge in [0.1, 0.15) is 12.2 Å². The first kappa shape index (κ1) is 18.3. The quantitative estimate of drug-likeness (QED) is 0.579. The maximum atomic E-state index is 5.44. The van der Waals surface area contributed by atoms with Crippen LogP contribution in [0.1, 0.15) is 17.0 Å². The number of aryl methyl sites for hydroxylation is 1. The summed E-state index contributed by atoms with van der Waals surface area (Å²) >= 11 is 0. The molecule has 2 heterocycles. The van der Waals surface area contributed by atoms with Gasteiger partial charge in [-0.2, -0.15) is 5.10 Å². The van der Waals surface area contributed by atoms with Crippen molar-refractivity contribution in [3.8, 4) is 0 Å². The van der Waals surface area contributed by atoms with E-state index in [9.17, 15) is 0 Å². The van der Waals surface area contributed by atoms with Crippen molar-refractivity contribution in [1.82, 2.24) is 30.3 Å². The number of aliphatic imine (C=N–C) groups is 1. The first-order chi connectivity index (χ1) is 12.8. The van der Waals surface area contributed by atoms with Crippen molar-refractivity contribution in [2.45, 2.75) is 19.6 Å². The Balaban J connectivity index is 1.55. The number of hydrogen-bond donors (Lipinski definition) is 2. The minimum atomic E-state index is 0.575. The number of benzene rings is 1. The Labute approximate surface area is 154 Å². The summed E-state index contributed by atoms with van der Waals surface area (Å²) in [7, 11) is 3.65. The molecule has 0 amide bonds. The predicted octanol–water partition coefficient (Wildman–Crippen LogP) is 0.513. The van der Waals surface area contributed by atoms with Crippen molar-refractivity contribution in [1.29, 1.82) is 0 Å². The fourth-order valence-corrected chi connectivity index (χ4v) is 2.93. The molecule has 0 bridgehead atoms. The molecule has 0 spiro atoms. The van der Waals surface area contributed by atoms with E-state index in [2.05, 4.69) is 54.9 Å². The van der Waals surface area contributed by atoms with Gasteiger partial charge in [-0.05, 0) is 11.1 Å².